The Morgan fingerprint density at radius 2 is 2.07 bits per heavy atom. The van der Waals surface area contributed by atoms with Gasteiger partial charge in [0.25, 0.3) is 5.91 Å². The summed E-state index contributed by atoms with van der Waals surface area (Å²) in [6.45, 7) is 0.981. The van der Waals surface area contributed by atoms with Gasteiger partial charge in [0.05, 0.1) is 28.0 Å². The third-order valence-corrected chi connectivity index (χ3v) is 10.8. The molecule has 4 heterocycles. The SMILES string of the molecule is C[C@]1(C(N)=O)COc2c1cc(C(O)(CNC(=O)c1cc(Cl)c3nn(C4CC4)cc3c1)C1(F)CC1)nc2-c1csc2c(F)cccc12. The molecule has 0 saturated heterocycles. The summed E-state index contributed by atoms with van der Waals surface area (Å²) in [5.41, 5.74) is 1.84. The number of nitrogens with one attached hydrogen (secondary N) is 1. The van der Waals surface area contributed by atoms with Crippen LogP contribution in [0, 0.1) is 5.82 Å². The molecule has 3 aromatic heterocycles. The second-order valence-electron chi connectivity index (χ2n) is 12.7. The molecule has 9 nitrogen and oxygen atoms in total. The van der Waals surface area contributed by atoms with Gasteiger partial charge in [-0.2, -0.15) is 5.10 Å². The molecule has 2 atom stereocenters. The van der Waals surface area contributed by atoms with Crippen LogP contribution in [0.3, 0.4) is 0 Å². The van der Waals surface area contributed by atoms with E-state index < -0.39 is 40.9 Å². The first kappa shape index (κ1) is 29.3. The van der Waals surface area contributed by atoms with Crippen LogP contribution in [0.25, 0.3) is 32.2 Å². The lowest BCUT2D eigenvalue weighted by Crippen LogP contribution is -2.49. The van der Waals surface area contributed by atoms with E-state index >= 15 is 4.39 Å². The van der Waals surface area contributed by atoms with E-state index in [1.807, 2.05) is 10.9 Å². The lowest BCUT2D eigenvalue weighted by atomic mass is 9.80. The predicted molar refractivity (Wildman–Crippen MR) is 169 cm³/mol. The topological polar surface area (TPSA) is 132 Å². The molecule has 5 aromatic rings. The lowest BCUT2D eigenvalue weighted by molar-refractivity contribution is -0.123. The molecular formula is C33H28ClF2N5O4S. The number of amides is 2. The highest BCUT2D eigenvalue weighted by atomic mass is 35.5. The first-order valence-corrected chi connectivity index (χ1v) is 16.2. The summed E-state index contributed by atoms with van der Waals surface area (Å²) in [6.07, 6.45) is 3.97. The summed E-state index contributed by atoms with van der Waals surface area (Å²) in [4.78, 5) is 30.9. The fraction of sp³-hybridized carbons (Fsp3) is 0.333. The van der Waals surface area contributed by atoms with Gasteiger partial charge in [0.1, 0.15) is 40.5 Å². The average molecular weight is 664 g/mol. The number of hydrogen-bond donors (Lipinski definition) is 3. The van der Waals surface area contributed by atoms with Crippen molar-refractivity contribution in [2.24, 2.45) is 5.73 Å². The van der Waals surface area contributed by atoms with Gasteiger partial charge >= 0.3 is 0 Å². The van der Waals surface area contributed by atoms with Gasteiger partial charge in [-0.15, -0.1) is 11.3 Å². The molecule has 0 spiro atoms. The van der Waals surface area contributed by atoms with Gasteiger partial charge in [-0.05, 0) is 56.9 Å². The van der Waals surface area contributed by atoms with Crippen molar-refractivity contribution in [3.05, 3.63) is 75.6 Å². The van der Waals surface area contributed by atoms with Crippen molar-refractivity contribution in [2.45, 2.75) is 55.3 Å². The Hall–Kier alpha value is -4.13. The number of benzene rings is 2. The third kappa shape index (κ3) is 4.34. The zero-order valence-electron chi connectivity index (χ0n) is 24.6. The Labute approximate surface area is 270 Å². The lowest BCUT2D eigenvalue weighted by Gasteiger charge is -2.33. The average Bonchev–Trinajstić information content (AvgIpc) is 3.89. The Balaban J connectivity index is 1.21. The highest BCUT2D eigenvalue weighted by Gasteiger charge is 2.62. The summed E-state index contributed by atoms with van der Waals surface area (Å²) in [5.74, 6) is -1.41. The number of fused-ring (bicyclic) bond motifs is 3. The molecular weight excluding hydrogens is 636 g/mol. The fourth-order valence-electron chi connectivity index (χ4n) is 6.27. The Morgan fingerprint density at radius 3 is 2.78 bits per heavy atom. The molecule has 2 saturated carbocycles. The van der Waals surface area contributed by atoms with E-state index in [-0.39, 0.29) is 42.1 Å². The molecule has 8 rings (SSSR count). The van der Waals surface area contributed by atoms with Crippen LogP contribution in [-0.4, -0.2) is 50.5 Å². The van der Waals surface area contributed by atoms with Gasteiger partial charge in [0.2, 0.25) is 5.91 Å². The summed E-state index contributed by atoms with van der Waals surface area (Å²) >= 11 is 7.66. The number of carbonyl (C=O) groups excluding carboxylic acids is 2. The molecule has 4 N–H and O–H groups in total. The highest BCUT2D eigenvalue weighted by molar-refractivity contribution is 7.17. The second-order valence-corrected chi connectivity index (χ2v) is 14.0. The normalized spacial score (nSPS) is 21.2. The Bertz CT molecular complexity index is 2130. The molecule has 13 heteroatoms. The molecule has 2 amide bonds. The van der Waals surface area contributed by atoms with Crippen LogP contribution >= 0.6 is 22.9 Å². The maximum atomic E-state index is 16.3. The molecule has 2 aliphatic carbocycles. The number of rotatable bonds is 8. The summed E-state index contributed by atoms with van der Waals surface area (Å²) < 4.78 is 39.2. The number of thiophene rings is 1. The first-order valence-electron chi connectivity index (χ1n) is 14.9. The van der Waals surface area contributed by atoms with Gasteiger partial charge < -0.3 is 20.9 Å². The second kappa shape index (κ2) is 9.93. The van der Waals surface area contributed by atoms with Crippen LogP contribution in [0.15, 0.2) is 48.0 Å². The van der Waals surface area contributed by atoms with Crippen LogP contribution in [0.1, 0.15) is 60.3 Å². The maximum Gasteiger partial charge on any atom is 0.251 e. The molecule has 3 aliphatic rings. The van der Waals surface area contributed by atoms with Gasteiger partial charge in [-0.3, -0.25) is 14.3 Å². The van der Waals surface area contributed by atoms with Gasteiger partial charge in [-0.25, -0.2) is 13.8 Å². The quantitative estimate of drug-likeness (QED) is 0.195. The number of aliphatic hydroxyl groups is 1. The number of carbonyl (C=O) groups is 2. The van der Waals surface area contributed by atoms with E-state index in [0.29, 0.717) is 43.2 Å². The van der Waals surface area contributed by atoms with Crippen molar-refractivity contribution in [3.63, 3.8) is 0 Å². The van der Waals surface area contributed by atoms with Crippen LogP contribution in [0.5, 0.6) is 5.75 Å². The molecule has 0 bridgehead atoms. The Kier molecular flexibility index (Phi) is 6.32. The van der Waals surface area contributed by atoms with Crippen molar-refractivity contribution in [1.29, 1.82) is 0 Å². The monoisotopic (exact) mass is 663 g/mol. The van der Waals surface area contributed by atoms with E-state index in [4.69, 9.17) is 27.1 Å². The number of ether oxygens (including phenoxy) is 1. The van der Waals surface area contributed by atoms with Crippen molar-refractivity contribution < 1.29 is 28.2 Å². The van der Waals surface area contributed by atoms with Crippen molar-refractivity contribution in [1.82, 2.24) is 20.1 Å². The summed E-state index contributed by atoms with van der Waals surface area (Å²) in [6, 6.07) is 9.56. The summed E-state index contributed by atoms with van der Waals surface area (Å²) in [7, 11) is 0. The van der Waals surface area contributed by atoms with Crippen molar-refractivity contribution >= 4 is 55.7 Å². The molecule has 0 radical (unpaired) electrons. The zero-order chi connectivity index (χ0) is 32.2. The molecule has 1 unspecified atom stereocenters. The van der Waals surface area contributed by atoms with E-state index in [1.54, 1.807) is 30.5 Å². The first-order chi connectivity index (χ1) is 21.9. The minimum atomic E-state index is -2.30. The smallest absolute Gasteiger partial charge is 0.251 e. The molecule has 46 heavy (non-hydrogen) atoms. The van der Waals surface area contributed by atoms with Gasteiger partial charge in [-0.1, -0.05) is 23.7 Å². The highest BCUT2D eigenvalue weighted by Crippen LogP contribution is 2.55. The molecule has 236 valence electrons. The van der Waals surface area contributed by atoms with Crippen molar-refractivity contribution in [3.8, 4) is 17.0 Å². The van der Waals surface area contributed by atoms with Crippen LogP contribution in [-0.2, 0) is 15.8 Å². The fourth-order valence-corrected chi connectivity index (χ4v) is 7.49. The largest absolute Gasteiger partial charge is 0.489 e. The summed E-state index contributed by atoms with van der Waals surface area (Å²) in [5, 5.41) is 22.7. The number of nitrogens with zero attached hydrogens (tertiary/aromatic N) is 3. The van der Waals surface area contributed by atoms with Crippen LogP contribution < -0.4 is 15.8 Å². The van der Waals surface area contributed by atoms with E-state index in [9.17, 15) is 19.1 Å². The number of aromatic nitrogens is 3. The number of nitrogens with two attached hydrogens (primary N) is 1. The minimum Gasteiger partial charge on any atom is -0.489 e. The van der Waals surface area contributed by atoms with Crippen molar-refractivity contribution in [2.75, 3.05) is 13.2 Å². The zero-order valence-corrected chi connectivity index (χ0v) is 26.1. The number of primary amides is 1. The Morgan fingerprint density at radius 1 is 1.28 bits per heavy atom. The van der Waals surface area contributed by atoms with Gasteiger partial charge in [0, 0.05) is 39.0 Å². The van der Waals surface area contributed by atoms with E-state index in [1.165, 1.54) is 29.5 Å². The minimum absolute atomic E-state index is 0.0296. The van der Waals surface area contributed by atoms with Crippen LogP contribution in [0.2, 0.25) is 5.02 Å². The van der Waals surface area contributed by atoms with E-state index in [0.717, 1.165) is 12.8 Å². The van der Waals surface area contributed by atoms with Gasteiger partial charge in [0.15, 0.2) is 5.60 Å². The van der Waals surface area contributed by atoms with Crippen LogP contribution in [0.4, 0.5) is 8.78 Å². The molecule has 2 aromatic carbocycles. The maximum absolute atomic E-state index is 16.3. The molecule has 1 aliphatic heterocycles. The molecule has 2 fully saturated rings. The number of alkyl halides is 1. The number of pyridine rings is 1. The third-order valence-electron chi connectivity index (χ3n) is 9.54. The van der Waals surface area contributed by atoms with E-state index in [2.05, 4.69) is 10.4 Å². The standard InChI is InChI=1S/C33H28ClF2N5O4S/c1-31(30(37)43)15-45-27-21(31)11-24(39-26(27)20-13-46-28-19(20)3-2-4-23(28)35)33(44,32(36)7-8-32)14-38-29(42)16-9-17-12-41(18-5-6-18)40-25(17)22(34)10-16/h2-4,9-13,18,44H,5-8,14-15H2,1H3,(H2,37,43)(H,38,42)/t31-,33?/m0/s1. The predicted octanol–water partition coefficient (Wildman–Crippen LogP) is 5.70. The number of hydrogen-bond acceptors (Lipinski definition) is 7. The number of halogens is 3.